The summed E-state index contributed by atoms with van der Waals surface area (Å²) in [5.74, 6) is -1.47. The predicted molar refractivity (Wildman–Crippen MR) is 70.5 cm³/mol. The van der Waals surface area contributed by atoms with Gasteiger partial charge in [-0.3, -0.25) is 0 Å². The molecule has 5 nitrogen and oxygen atoms in total. The van der Waals surface area contributed by atoms with E-state index in [0.29, 0.717) is 18.5 Å². The molecule has 1 aromatic carbocycles. The minimum atomic E-state index is -1.00. The van der Waals surface area contributed by atoms with Crippen molar-refractivity contribution in [1.82, 2.24) is 10.2 Å². The minimum absolute atomic E-state index is 0.0444. The van der Waals surface area contributed by atoms with Crippen molar-refractivity contribution < 1.29 is 19.1 Å². The van der Waals surface area contributed by atoms with Crippen molar-refractivity contribution in [2.75, 3.05) is 6.54 Å². The van der Waals surface area contributed by atoms with Crippen molar-refractivity contribution in [3.05, 3.63) is 35.6 Å². The van der Waals surface area contributed by atoms with Gasteiger partial charge in [-0.05, 0) is 18.4 Å². The van der Waals surface area contributed by atoms with Crippen LogP contribution in [0.5, 0.6) is 0 Å². The first-order valence-electron chi connectivity index (χ1n) is 6.51. The summed E-state index contributed by atoms with van der Waals surface area (Å²) in [5, 5.41) is 11.7. The highest BCUT2D eigenvalue weighted by Gasteiger charge is 2.39. The van der Waals surface area contributed by atoms with Crippen LogP contribution in [0.4, 0.5) is 9.18 Å². The van der Waals surface area contributed by atoms with Crippen LogP contribution in [0, 0.1) is 11.7 Å². The van der Waals surface area contributed by atoms with Gasteiger partial charge in [0.25, 0.3) is 0 Å². The Bertz CT molecular complexity index is 521. The molecular formula is C14H17FN2O3. The average molecular weight is 280 g/mol. The van der Waals surface area contributed by atoms with E-state index in [9.17, 15) is 14.0 Å². The van der Waals surface area contributed by atoms with Gasteiger partial charge in [0.1, 0.15) is 11.9 Å². The lowest BCUT2D eigenvalue weighted by molar-refractivity contribution is -0.142. The molecule has 0 spiro atoms. The van der Waals surface area contributed by atoms with Gasteiger partial charge in [0.2, 0.25) is 0 Å². The summed E-state index contributed by atoms with van der Waals surface area (Å²) in [6.45, 7) is 2.26. The van der Waals surface area contributed by atoms with Crippen LogP contribution in [-0.4, -0.2) is 34.6 Å². The Morgan fingerprint density at radius 2 is 2.15 bits per heavy atom. The van der Waals surface area contributed by atoms with E-state index in [1.165, 1.54) is 11.0 Å². The maximum absolute atomic E-state index is 13.4. The van der Waals surface area contributed by atoms with E-state index in [4.69, 9.17) is 5.11 Å². The number of hydrogen-bond acceptors (Lipinski definition) is 2. The highest BCUT2D eigenvalue weighted by atomic mass is 19.1. The fraction of sp³-hybridized carbons (Fsp3) is 0.429. The number of carboxylic acid groups (broad SMARTS) is 1. The van der Waals surface area contributed by atoms with Crippen molar-refractivity contribution in [3.8, 4) is 0 Å². The molecule has 1 aliphatic heterocycles. The van der Waals surface area contributed by atoms with E-state index in [1.807, 2.05) is 6.92 Å². The van der Waals surface area contributed by atoms with E-state index >= 15 is 0 Å². The molecule has 2 N–H and O–H groups in total. The molecule has 6 heteroatoms. The third-order valence-corrected chi connectivity index (χ3v) is 3.60. The van der Waals surface area contributed by atoms with Crippen LogP contribution in [0.2, 0.25) is 0 Å². The molecule has 20 heavy (non-hydrogen) atoms. The number of benzene rings is 1. The van der Waals surface area contributed by atoms with E-state index in [-0.39, 0.29) is 12.5 Å². The molecule has 0 aromatic heterocycles. The number of nitrogens with one attached hydrogen (secondary N) is 1. The van der Waals surface area contributed by atoms with Crippen molar-refractivity contribution in [2.45, 2.75) is 25.9 Å². The quantitative estimate of drug-likeness (QED) is 0.887. The molecule has 2 atom stereocenters. The number of urea groups is 1. The number of carboxylic acids is 1. The first-order valence-corrected chi connectivity index (χ1v) is 6.51. The van der Waals surface area contributed by atoms with E-state index in [0.717, 1.165) is 0 Å². The SMILES string of the molecule is CC1CCN(C(=O)NCc2ccccc2F)C1C(=O)O. The maximum Gasteiger partial charge on any atom is 0.326 e. The van der Waals surface area contributed by atoms with Gasteiger partial charge < -0.3 is 15.3 Å². The number of aliphatic carboxylic acids is 1. The Kier molecular flexibility index (Phi) is 4.22. The van der Waals surface area contributed by atoms with Crippen molar-refractivity contribution in [2.24, 2.45) is 5.92 Å². The number of carbonyl (C=O) groups is 2. The second-order valence-corrected chi connectivity index (χ2v) is 4.99. The Balaban J connectivity index is 1.99. The van der Waals surface area contributed by atoms with Crippen LogP contribution in [0.3, 0.4) is 0 Å². The Hall–Kier alpha value is -2.11. The summed E-state index contributed by atoms with van der Waals surface area (Å²) in [6.07, 6.45) is 0.657. The van der Waals surface area contributed by atoms with Gasteiger partial charge in [-0.2, -0.15) is 0 Å². The van der Waals surface area contributed by atoms with Gasteiger partial charge in [0.05, 0.1) is 0 Å². The minimum Gasteiger partial charge on any atom is -0.480 e. The third kappa shape index (κ3) is 2.89. The molecule has 1 fully saturated rings. The zero-order valence-corrected chi connectivity index (χ0v) is 11.2. The van der Waals surface area contributed by atoms with Gasteiger partial charge in [-0.15, -0.1) is 0 Å². The molecule has 0 saturated carbocycles. The highest BCUT2D eigenvalue weighted by molar-refractivity contribution is 5.83. The van der Waals surface area contributed by atoms with E-state index in [1.54, 1.807) is 18.2 Å². The van der Waals surface area contributed by atoms with Crippen molar-refractivity contribution >= 4 is 12.0 Å². The maximum atomic E-state index is 13.4. The molecule has 108 valence electrons. The summed E-state index contributed by atoms with van der Waals surface area (Å²) in [4.78, 5) is 24.5. The van der Waals surface area contributed by atoms with E-state index in [2.05, 4.69) is 5.32 Å². The molecule has 1 heterocycles. The third-order valence-electron chi connectivity index (χ3n) is 3.60. The first kappa shape index (κ1) is 14.3. The number of carbonyl (C=O) groups excluding carboxylic acids is 1. The van der Waals surface area contributed by atoms with Crippen LogP contribution in [0.15, 0.2) is 24.3 Å². The molecule has 1 aliphatic rings. The van der Waals surface area contributed by atoms with Crippen LogP contribution in [0.25, 0.3) is 0 Å². The van der Waals surface area contributed by atoms with Crippen LogP contribution in [-0.2, 0) is 11.3 Å². The lowest BCUT2D eigenvalue weighted by atomic mass is 10.0. The number of rotatable bonds is 3. The molecule has 0 bridgehead atoms. The van der Waals surface area contributed by atoms with Gasteiger partial charge in [0.15, 0.2) is 0 Å². The zero-order chi connectivity index (χ0) is 14.7. The van der Waals surface area contributed by atoms with Gasteiger partial charge >= 0.3 is 12.0 Å². The van der Waals surface area contributed by atoms with Gasteiger partial charge in [-0.25, -0.2) is 14.0 Å². The largest absolute Gasteiger partial charge is 0.480 e. The zero-order valence-electron chi connectivity index (χ0n) is 11.2. The average Bonchev–Trinajstić information content (AvgIpc) is 2.79. The molecule has 2 amide bonds. The summed E-state index contributed by atoms with van der Waals surface area (Å²) >= 11 is 0. The highest BCUT2D eigenvalue weighted by Crippen LogP contribution is 2.24. The Morgan fingerprint density at radius 3 is 2.80 bits per heavy atom. The molecule has 2 rings (SSSR count). The van der Waals surface area contributed by atoms with Gasteiger partial charge in [0, 0.05) is 18.7 Å². The normalized spacial score (nSPS) is 21.8. The number of nitrogens with zero attached hydrogens (tertiary/aromatic N) is 1. The number of amides is 2. The number of hydrogen-bond donors (Lipinski definition) is 2. The molecule has 1 saturated heterocycles. The van der Waals surface area contributed by atoms with Crippen LogP contribution < -0.4 is 5.32 Å². The summed E-state index contributed by atoms with van der Waals surface area (Å²) in [6, 6.07) is 4.88. The van der Waals surface area contributed by atoms with Crippen LogP contribution >= 0.6 is 0 Å². The monoisotopic (exact) mass is 280 g/mol. The number of halogens is 1. The molecule has 1 aromatic rings. The summed E-state index contributed by atoms with van der Waals surface area (Å²) < 4.78 is 13.4. The fourth-order valence-electron chi connectivity index (χ4n) is 2.47. The summed E-state index contributed by atoms with van der Waals surface area (Å²) in [5.41, 5.74) is 0.375. The molecule has 0 radical (unpaired) electrons. The second-order valence-electron chi connectivity index (χ2n) is 4.99. The Morgan fingerprint density at radius 1 is 1.45 bits per heavy atom. The van der Waals surface area contributed by atoms with Gasteiger partial charge in [-0.1, -0.05) is 25.1 Å². The summed E-state index contributed by atoms with van der Waals surface area (Å²) in [7, 11) is 0. The molecule has 2 unspecified atom stereocenters. The fourth-order valence-corrected chi connectivity index (χ4v) is 2.47. The van der Waals surface area contributed by atoms with E-state index < -0.39 is 23.9 Å². The Labute approximate surface area is 116 Å². The topological polar surface area (TPSA) is 69.6 Å². The van der Waals surface area contributed by atoms with Crippen molar-refractivity contribution in [1.29, 1.82) is 0 Å². The molecular weight excluding hydrogens is 263 g/mol. The first-order chi connectivity index (χ1) is 9.50. The van der Waals surface area contributed by atoms with Crippen LogP contribution in [0.1, 0.15) is 18.9 Å². The van der Waals surface area contributed by atoms with Crippen molar-refractivity contribution in [3.63, 3.8) is 0 Å². The smallest absolute Gasteiger partial charge is 0.326 e. The number of likely N-dealkylation sites (tertiary alicyclic amines) is 1. The molecule has 0 aliphatic carbocycles. The second kappa shape index (κ2) is 5.90. The lowest BCUT2D eigenvalue weighted by Gasteiger charge is -2.23. The standard InChI is InChI=1S/C14H17FN2O3/c1-9-6-7-17(12(9)13(18)19)14(20)16-8-10-4-2-3-5-11(10)15/h2-5,9,12H,6-8H2,1H3,(H,16,20)(H,18,19). The predicted octanol–water partition coefficient (Wildman–Crippen LogP) is 1.83. The lowest BCUT2D eigenvalue weighted by Crippen LogP contribution is -2.47.